The molecule has 0 saturated carbocycles. The highest BCUT2D eigenvalue weighted by atomic mass is 35.5. The van der Waals surface area contributed by atoms with Gasteiger partial charge in [-0.3, -0.25) is 0 Å². The van der Waals surface area contributed by atoms with E-state index < -0.39 is 0 Å². The normalized spacial score (nSPS) is 11.2. The molecule has 4 rings (SSSR count). The van der Waals surface area contributed by atoms with Crippen LogP contribution in [0.25, 0.3) is 11.0 Å². The molecule has 0 amide bonds. The maximum atomic E-state index is 5.99. The summed E-state index contributed by atoms with van der Waals surface area (Å²) in [5.74, 6) is 0.869. The summed E-state index contributed by atoms with van der Waals surface area (Å²) >= 11 is 7.75. The van der Waals surface area contributed by atoms with E-state index in [-0.39, 0.29) is 0 Å². The number of hydrogen-bond donors (Lipinski definition) is 0. The van der Waals surface area contributed by atoms with Crippen molar-refractivity contribution < 1.29 is 0 Å². The number of para-hydroxylation sites is 2. The lowest BCUT2D eigenvalue weighted by Crippen LogP contribution is -2.02. The number of thioether (sulfide) groups is 1. The third-order valence-electron chi connectivity index (χ3n) is 4.32. The highest BCUT2D eigenvalue weighted by molar-refractivity contribution is 7.98. The van der Waals surface area contributed by atoms with Gasteiger partial charge in [0.15, 0.2) is 5.16 Å². The van der Waals surface area contributed by atoms with Gasteiger partial charge < -0.3 is 4.57 Å². The molecule has 0 fully saturated rings. The highest BCUT2D eigenvalue weighted by Gasteiger charge is 2.12. The molecule has 4 heteroatoms. The van der Waals surface area contributed by atoms with E-state index in [0.29, 0.717) is 0 Å². The van der Waals surface area contributed by atoms with Gasteiger partial charge >= 0.3 is 0 Å². The number of hydrogen-bond acceptors (Lipinski definition) is 2. The monoisotopic (exact) mass is 378 g/mol. The van der Waals surface area contributed by atoms with Crippen LogP contribution in [0.2, 0.25) is 5.02 Å². The summed E-state index contributed by atoms with van der Waals surface area (Å²) in [4.78, 5) is 4.86. The number of fused-ring (bicyclic) bond motifs is 1. The first kappa shape index (κ1) is 17.2. The molecule has 2 nitrogen and oxygen atoms in total. The van der Waals surface area contributed by atoms with Crippen molar-refractivity contribution in [3.8, 4) is 0 Å². The van der Waals surface area contributed by atoms with Gasteiger partial charge in [-0.2, -0.15) is 0 Å². The Morgan fingerprint density at radius 3 is 2.54 bits per heavy atom. The maximum absolute atomic E-state index is 5.99. The van der Waals surface area contributed by atoms with Crippen LogP contribution in [-0.4, -0.2) is 9.55 Å². The van der Waals surface area contributed by atoms with Crippen LogP contribution in [0.4, 0.5) is 0 Å². The molecule has 0 atom stereocenters. The zero-order valence-electron chi connectivity index (χ0n) is 14.5. The first-order chi connectivity index (χ1) is 12.7. The van der Waals surface area contributed by atoms with Crippen LogP contribution >= 0.6 is 23.4 Å². The topological polar surface area (TPSA) is 17.8 Å². The van der Waals surface area contributed by atoms with E-state index in [1.807, 2.05) is 18.2 Å². The van der Waals surface area contributed by atoms with E-state index in [1.165, 1.54) is 22.2 Å². The minimum absolute atomic E-state index is 0.769. The number of rotatable bonds is 5. The largest absolute Gasteiger partial charge is 0.314 e. The van der Waals surface area contributed by atoms with Crippen LogP contribution in [0, 0.1) is 6.92 Å². The third kappa shape index (κ3) is 3.79. The van der Waals surface area contributed by atoms with Crippen molar-refractivity contribution in [3.05, 3.63) is 94.5 Å². The second-order valence-corrected chi connectivity index (χ2v) is 7.75. The smallest absolute Gasteiger partial charge is 0.169 e. The van der Waals surface area contributed by atoms with Crippen molar-refractivity contribution in [1.29, 1.82) is 0 Å². The molecule has 3 aromatic carbocycles. The molecule has 0 aliphatic rings. The number of aryl methyl sites for hydroxylation is 1. The molecule has 1 aromatic heterocycles. The molecule has 0 spiro atoms. The molecule has 1 heterocycles. The Balaban J connectivity index is 1.65. The molecule has 0 N–H and O–H groups in total. The predicted molar refractivity (Wildman–Crippen MR) is 111 cm³/mol. The molecule has 4 aromatic rings. The van der Waals surface area contributed by atoms with Crippen LogP contribution < -0.4 is 0 Å². The van der Waals surface area contributed by atoms with Gasteiger partial charge in [0, 0.05) is 10.8 Å². The lowest BCUT2D eigenvalue weighted by atomic mass is 10.1. The van der Waals surface area contributed by atoms with Crippen LogP contribution in [0.3, 0.4) is 0 Å². The fourth-order valence-corrected chi connectivity index (χ4v) is 4.13. The summed E-state index contributed by atoms with van der Waals surface area (Å²) in [6.45, 7) is 2.96. The molecule has 0 radical (unpaired) electrons. The summed E-state index contributed by atoms with van der Waals surface area (Å²) in [5.41, 5.74) is 6.03. The zero-order chi connectivity index (χ0) is 17.9. The molecule has 26 heavy (non-hydrogen) atoms. The molecule has 0 aliphatic heterocycles. The fourth-order valence-electron chi connectivity index (χ4n) is 3.04. The minimum Gasteiger partial charge on any atom is -0.314 e. The number of benzene rings is 3. The molecule has 130 valence electrons. The quantitative estimate of drug-likeness (QED) is 0.377. The second kappa shape index (κ2) is 7.56. The summed E-state index contributed by atoms with van der Waals surface area (Å²) < 4.78 is 2.31. The average molecular weight is 379 g/mol. The van der Waals surface area contributed by atoms with Gasteiger partial charge in [0.05, 0.1) is 17.6 Å². The van der Waals surface area contributed by atoms with Crippen LogP contribution in [-0.2, 0) is 12.3 Å². The first-order valence-electron chi connectivity index (χ1n) is 8.57. The van der Waals surface area contributed by atoms with Gasteiger partial charge in [-0.05, 0) is 42.3 Å². The minimum atomic E-state index is 0.769. The van der Waals surface area contributed by atoms with Gasteiger partial charge in [-0.1, -0.05) is 77.5 Å². The van der Waals surface area contributed by atoms with Crippen molar-refractivity contribution in [3.63, 3.8) is 0 Å². The van der Waals surface area contributed by atoms with Gasteiger partial charge in [-0.15, -0.1) is 0 Å². The van der Waals surface area contributed by atoms with Crippen molar-refractivity contribution in [2.75, 3.05) is 0 Å². The molecule has 0 saturated heterocycles. The number of aromatic nitrogens is 2. The summed E-state index contributed by atoms with van der Waals surface area (Å²) in [7, 11) is 0. The van der Waals surface area contributed by atoms with E-state index in [9.17, 15) is 0 Å². The molecular formula is C22H19ClN2S. The van der Waals surface area contributed by atoms with E-state index in [4.69, 9.17) is 16.6 Å². The average Bonchev–Trinajstić information content (AvgIpc) is 2.99. The third-order valence-corrected chi connectivity index (χ3v) is 5.62. The maximum Gasteiger partial charge on any atom is 0.169 e. The molecule has 0 bridgehead atoms. The Hall–Kier alpha value is -2.23. The van der Waals surface area contributed by atoms with Crippen molar-refractivity contribution in [2.24, 2.45) is 0 Å². The predicted octanol–water partition coefficient (Wildman–Crippen LogP) is 6.34. The van der Waals surface area contributed by atoms with E-state index in [0.717, 1.165) is 28.0 Å². The fraction of sp³-hybridized carbons (Fsp3) is 0.136. The summed E-state index contributed by atoms with van der Waals surface area (Å²) in [5, 5.41) is 1.81. The Labute approximate surface area is 162 Å². The van der Waals surface area contributed by atoms with Crippen molar-refractivity contribution in [2.45, 2.75) is 24.4 Å². The van der Waals surface area contributed by atoms with Gasteiger partial charge in [0.1, 0.15) is 0 Å². The Kier molecular flexibility index (Phi) is 5.00. The summed E-state index contributed by atoms with van der Waals surface area (Å²) in [6, 6.07) is 25.0. The molecule has 0 aliphatic carbocycles. The lowest BCUT2D eigenvalue weighted by molar-refractivity contribution is 0.730. The van der Waals surface area contributed by atoms with Crippen molar-refractivity contribution in [1.82, 2.24) is 9.55 Å². The number of halogens is 1. The second-order valence-electron chi connectivity index (χ2n) is 6.37. The van der Waals surface area contributed by atoms with Crippen molar-refractivity contribution >= 4 is 34.4 Å². The van der Waals surface area contributed by atoms with E-state index >= 15 is 0 Å². The van der Waals surface area contributed by atoms with E-state index in [2.05, 4.69) is 66.1 Å². The van der Waals surface area contributed by atoms with Crippen LogP contribution in [0.15, 0.2) is 78.0 Å². The summed E-state index contributed by atoms with van der Waals surface area (Å²) in [6.07, 6.45) is 0. The van der Waals surface area contributed by atoms with Gasteiger partial charge in [0.25, 0.3) is 0 Å². The number of imidazole rings is 1. The molecule has 0 unspecified atom stereocenters. The van der Waals surface area contributed by atoms with E-state index in [1.54, 1.807) is 11.8 Å². The standard InChI is InChI=1S/C22H19ClN2S/c1-16-5-4-6-18(13-16)14-25-21-8-3-2-7-20(21)24-22(25)26-15-17-9-11-19(23)12-10-17/h2-13H,14-15H2,1H3. The van der Waals surface area contributed by atoms with Gasteiger partial charge in [-0.25, -0.2) is 4.98 Å². The first-order valence-corrected chi connectivity index (χ1v) is 9.93. The highest BCUT2D eigenvalue weighted by Crippen LogP contribution is 2.28. The molecular weight excluding hydrogens is 360 g/mol. The Morgan fingerprint density at radius 2 is 1.73 bits per heavy atom. The van der Waals surface area contributed by atoms with Crippen LogP contribution in [0.1, 0.15) is 16.7 Å². The number of nitrogens with zero attached hydrogens (tertiary/aromatic N) is 2. The Bertz CT molecular complexity index is 1040. The van der Waals surface area contributed by atoms with Gasteiger partial charge in [0.2, 0.25) is 0 Å². The Morgan fingerprint density at radius 1 is 0.923 bits per heavy atom. The van der Waals surface area contributed by atoms with Crippen LogP contribution in [0.5, 0.6) is 0 Å². The SMILES string of the molecule is Cc1cccc(Cn2c(SCc3ccc(Cl)cc3)nc3ccccc32)c1. The zero-order valence-corrected chi connectivity index (χ0v) is 16.1. The lowest BCUT2D eigenvalue weighted by Gasteiger charge is -2.10.